The van der Waals surface area contributed by atoms with E-state index < -0.39 is 11.7 Å². The Morgan fingerprint density at radius 3 is 2.88 bits per heavy atom. The molecule has 0 fully saturated rings. The monoisotopic (exact) mass is 241 g/mol. The molecule has 0 atom stereocenters. The van der Waals surface area contributed by atoms with Gasteiger partial charge >= 0.3 is 6.18 Å². The van der Waals surface area contributed by atoms with Gasteiger partial charge in [-0.1, -0.05) is 6.07 Å². The molecule has 2 heterocycles. The minimum atomic E-state index is -4.33. The molecule has 0 radical (unpaired) electrons. The van der Waals surface area contributed by atoms with E-state index >= 15 is 0 Å². The third-order valence-corrected chi connectivity index (χ3v) is 2.99. The van der Waals surface area contributed by atoms with Crippen LogP contribution in [0.25, 0.3) is 0 Å². The smallest absolute Gasteiger partial charge is 0.376 e. The van der Waals surface area contributed by atoms with E-state index in [4.69, 9.17) is 0 Å². The highest BCUT2D eigenvalue weighted by Crippen LogP contribution is 2.42. The fraction of sp³-hybridized carbons (Fsp3) is 0.364. The molecule has 1 N–H and O–H groups in total. The van der Waals surface area contributed by atoms with E-state index in [1.54, 1.807) is 6.07 Å². The van der Waals surface area contributed by atoms with Gasteiger partial charge in [0.15, 0.2) is 0 Å². The van der Waals surface area contributed by atoms with Gasteiger partial charge in [-0.05, 0) is 12.1 Å². The number of nitrogens with zero attached hydrogens (tertiary/aromatic N) is 2. The maximum absolute atomic E-state index is 12.8. The molecular formula is C11H10F3N3. The number of alkyl halides is 3. The van der Waals surface area contributed by atoms with Gasteiger partial charge in [-0.25, -0.2) is 0 Å². The van der Waals surface area contributed by atoms with Gasteiger partial charge in [-0.15, -0.1) is 0 Å². The lowest BCUT2D eigenvalue weighted by Crippen LogP contribution is -2.38. The highest BCUT2D eigenvalue weighted by atomic mass is 19.4. The zero-order valence-corrected chi connectivity index (χ0v) is 8.88. The molecule has 0 bridgehead atoms. The summed E-state index contributed by atoms with van der Waals surface area (Å²) < 4.78 is 38.5. The minimum Gasteiger partial charge on any atom is -0.376 e. The lowest BCUT2D eigenvalue weighted by Gasteiger charge is -2.31. The molecule has 0 amide bonds. The third kappa shape index (κ3) is 1.55. The molecule has 0 saturated carbocycles. The van der Waals surface area contributed by atoms with Gasteiger partial charge in [0.1, 0.15) is 5.84 Å². The molecular weight excluding hydrogens is 231 g/mol. The summed E-state index contributed by atoms with van der Waals surface area (Å²) in [6, 6.07) is 4.23. The van der Waals surface area contributed by atoms with Gasteiger partial charge in [-0.3, -0.25) is 4.99 Å². The summed E-state index contributed by atoms with van der Waals surface area (Å²) in [5, 5.41) is 2.82. The number of halogens is 3. The highest BCUT2D eigenvalue weighted by Gasteiger charge is 2.37. The zero-order valence-electron chi connectivity index (χ0n) is 8.88. The molecule has 0 unspecified atom stereocenters. The van der Waals surface area contributed by atoms with Crippen LogP contribution in [0.4, 0.5) is 24.5 Å². The molecule has 90 valence electrons. The third-order valence-electron chi connectivity index (χ3n) is 2.99. The van der Waals surface area contributed by atoms with Crippen molar-refractivity contribution in [2.45, 2.75) is 6.18 Å². The Hall–Kier alpha value is -1.72. The number of benzene rings is 1. The van der Waals surface area contributed by atoms with Crippen LogP contribution in [-0.4, -0.2) is 25.5 Å². The SMILES string of the molecule is FC(F)(F)c1cccc2c1NCC1=NCCN12. The number of aliphatic imine (C=N–C) groups is 1. The maximum Gasteiger partial charge on any atom is 0.418 e. The molecule has 1 aromatic rings. The van der Waals surface area contributed by atoms with Gasteiger partial charge in [0, 0.05) is 6.54 Å². The first-order valence-corrected chi connectivity index (χ1v) is 5.32. The molecule has 0 aliphatic carbocycles. The van der Waals surface area contributed by atoms with Crippen molar-refractivity contribution in [1.29, 1.82) is 0 Å². The Labute approximate surface area is 95.9 Å². The topological polar surface area (TPSA) is 27.6 Å². The van der Waals surface area contributed by atoms with E-state index in [9.17, 15) is 13.2 Å². The normalized spacial score (nSPS) is 18.3. The summed E-state index contributed by atoms with van der Waals surface area (Å²) >= 11 is 0. The van der Waals surface area contributed by atoms with Gasteiger partial charge in [0.25, 0.3) is 0 Å². The molecule has 1 aromatic carbocycles. The van der Waals surface area contributed by atoms with Crippen LogP contribution in [0.15, 0.2) is 23.2 Å². The second-order valence-corrected chi connectivity index (χ2v) is 4.00. The second-order valence-electron chi connectivity index (χ2n) is 4.00. The Morgan fingerprint density at radius 2 is 2.12 bits per heavy atom. The molecule has 2 aliphatic heterocycles. The standard InChI is InChI=1S/C11H10F3N3/c12-11(13,14)7-2-1-3-8-10(7)16-6-9-15-4-5-17(8)9/h1-3,16H,4-6H2. The fourth-order valence-corrected chi connectivity index (χ4v) is 2.26. The van der Waals surface area contributed by atoms with Crippen molar-refractivity contribution in [3.63, 3.8) is 0 Å². The van der Waals surface area contributed by atoms with Crippen molar-refractivity contribution >= 4 is 17.2 Å². The van der Waals surface area contributed by atoms with Crippen molar-refractivity contribution in [3.8, 4) is 0 Å². The van der Waals surface area contributed by atoms with E-state index in [0.717, 1.165) is 11.9 Å². The first-order valence-electron chi connectivity index (χ1n) is 5.32. The number of amidine groups is 1. The summed E-state index contributed by atoms with van der Waals surface area (Å²) in [6.07, 6.45) is -4.33. The van der Waals surface area contributed by atoms with E-state index in [0.29, 0.717) is 25.3 Å². The number of fused-ring (bicyclic) bond motifs is 3. The van der Waals surface area contributed by atoms with Gasteiger partial charge in [0.05, 0.1) is 30.0 Å². The zero-order chi connectivity index (χ0) is 12.0. The Balaban J connectivity index is 2.13. The molecule has 0 spiro atoms. The maximum atomic E-state index is 12.8. The van der Waals surface area contributed by atoms with Crippen molar-refractivity contribution in [2.24, 2.45) is 4.99 Å². The van der Waals surface area contributed by atoms with Crippen LogP contribution in [0, 0.1) is 0 Å². The van der Waals surface area contributed by atoms with E-state index in [-0.39, 0.29) is 5.69 Å². The Kier molecular flexibility index (Phi) is 2.08. The minimum absolute atomic E-state index is 0.167. The van der Waals surface area contributed by atoms with Crippen molar-refractivity contribution in [2.75, 3.05) is 29.9 Å². The Morgan fingerprint density at radius 1 is 1.29 bits per heavy atom. The molecule has 17 heavy (non-hydrogen) atoms. The summed E-state index contributed by atoms with van der Waals surface area (Å²) in [4.78, 5) is 6.10. The summed E-state index contributed by atoms with van der Waals surface area (Å²) in [7, 11) is 0. The molecule has 0 saturated heterocycles. The number of hydrogen-bond acceptors (Lipinski definition) is 3. The summed E-state index contributed by atoms with van der Waals surface area (Å²) in [6.45, 7) is 1.66. The van der Waals surface area contributed by atoms with Gasteiger partial charge in [0.2, 0.25) is 0 Å². The number of anilines is 2. The number of hydrogen-bond donors (Lipinski definition) is 1. The molecule has 0 aromatic heterocycles. The van der Waals surface area contributed by atoms with Crippen LogP contribution >= 0.6 is 0 Å². The van der Waals surface area contributed by atoms with Crippen molar-refractivity contribution in [3.05, 3.63) is 23.8 Å². The lowest BCUT2D eigenvalue weighted by molar-refractivity contribution is -0.136. The van der Waals surface area contributed by atoms with Crippen LogP contribution in [0.5, 0.6) is 0 Å². The highest BCUT2D eigenvalue weighted by molar-refractivity contribution is 6.07. The van der Waals surface area contributed by atoms with Crippen LogP contribution in [0.1, 0.15) is 5.56 Å². The molecule has 3 rings (SSSR count). The molecule has 3 nitrogen and oxygen atoms in total. The molecule has 2 aliphatic rings. The van der Waals surface area contributed by atoms with Crippen molar-refractivity contribution in [1.82, 2.24) is 0 Å². The largest absolute Gasteiger partial charge is 0.418 e. The van der Waals surface area contributed by atoms with Crippen LogP contribution in [0.2, 0.25) is 0 Å². The fourth-order valence-electron chi connectivity index (χ4n) is 2.26. The number of nitrogens with one attached hydrogen (secondary N) is 1. The number of para-hydroxylation sites is 1. The van der Waals surface area contributed by atoms with E-state index in [1.807, 2.05) is 4.90 Å². The van der Waals surface area contributed by atoms with Crippen LogP contribution in [0.3, 0.4) is 0 Å². The van der Waals surface area contributed by atoms with Crippen LogP contribution < -0.4 is 10.2 Å². The molecule has 6 heteroatoms. The summed E-state index contributed by atoms with van der Waals surface area (Å²) in [5.74, 6) is 0.817. The first kappa shape index (κ1) is 10.4. The predicted octanol–water partition coefficient (Wildman–Crippen LogP) is 2.35. The van der Waals surface area contributed by atoms with Gasteiger partial charge in [-0.2, -0.15) is 13.2 Å². The second kappa shape index (κ2) is 3.38. The van der Waals surface area contributed by atoms with E-state index in [1.165, 1.54) is 6.07 Å². The average molecular weight is 241 g/mol. The summed E-state index contributed by atoms with van der Waals surface area (Å²) in [5.41, 5.74) is 0.129. The number of rotatable bonds is 0. The quantitative estimate of drug-likeness (QED) is 0.755. The Bertz CT molecular complexity index is 493. The predicted molar refractivity (Wildman–Crippen MR) is 59.6 cm³/mol. The average Bonchev–Trinajstić information content (AvgIpc) is 2.75. The lowest BCUT2D eigenvalue weighted by atomic mass is 10.1. The van der Waals surface area contributed by atoms with Crippen molar-refractivity contribution < 1.29 is 13.2 Å². The van der Waals surface area contributed by atoms with E-state index in [2.05, 4.69) is 10.3 Å². The first-order chi connectivity index (χ1) is 8.07. The van der Waals surface area contributed by atoms with Crippen LogP contribution in [-0.2, 0) is 6.18 Å². The van der Waals surface area contributed by atoms with Gasteiger partial charge < -0.3 is 10.2 Å².